The van der Waals surface area contributed by atoms with Crippen LogP contribution >= 0.6 is 11.6 Å². The molecule has 30 heavy (non-hydrogen) atoms. The Labute approximate surface area is 179 Å². The van der Waals surface area contributed by atoms with E-state index >= 15 is 0 Å². The van der Waals surface area contributed by atoms with Crippen LogP contribution in [0, 0.1) is 0 Å². The fourth-order valence-corrected chi connectivity index (χ4v) is 3.31. The summed E-state index contributed by atoms with van der Waals surface area (Å²) in [4.78, 5) is 9.23. The molecule has 0 aliphatic heterocycles. The van der Waals surface area contributed by atoms with Gasteiger partial charge in [-0.05, 0) is 30.3 Å². The number of fused-ring (bicyclic) bond motifs is 1. The van der Waals surface area contributed by atoms with Gasteiger partial charge in [0.15, 0.2) is 11.5 Å². The lowest BCUT2D eigenvalue weighted by molar-refractivity contribution is 0.354. The standard InChI is InChI=1S/C23H19ClN4O2/c1-29-20-10-6-9-16(22(20)30-2)14-25-28-23-26-19-12-11-17(24)13-18(19)21(27-23)15-7-4-3-5-8-15/h3-14H,1-2H3,(H,26,27,28)/b25-14-. The minimum Gasteiger partial charge on any atom is -0.493 e. The van der Waals surface area contributed by atoms with E-state index < -0.39 is 0 Å². The van der Waals surface area contributed by atoms with Gasteiger partial charge in [-0.3, -0.25) is 0 Å². The number of benzene rings is 3. The van der Waals surface area contributed by atoms with Gasteiger partial charge in [0.05, 0.1) is 31.6 Å². The number of hydrogen-bond acceptors (Lipinski definition) is 6. The second kappa shape index (κ2) is 8.80. The second-order valence-corrected chi connectivity index (χ2v) is 6.81. The number of aromatic nitrogens is 2. The summed E-state index contributed by atoms with van der Waals surface area (Å²) in [5.41, 5.74) is 6.19. The van der Waals surface area contributed by atoms with Crippen LogP contribution in [0.3, 0.4) is 0 Å². The SMILES string of the molecule is COc1cccc(/C=N\Nc2nc(-c3ccccc3)c3cc(Cl)ccc3n2)c1OC. The van der Waals surface area contributed by atoms with Crippen LogP contribution in [0.1, 0.15) is 5.56 Å². The van der Waals surface area contributed by atoms with Gasteiger partial charge < -0.3 is 9.47 Å². The average molecular weight is 419 g/mol. The number of hydrazone groups is 1. The summed E-state index contributed by atoms with van der Waals surface area (Å²) in [7, 11) is 3.18. The molecule has 0 amide bonds. The fraction of sp³-hybridized carbons (Fsp3) is 0.0870. The summed E-state index contributed by atoms with van der Waals surface area (Å²) in [5, 5.41) is 5.80. The molecule has 4 aromatic rings. The third-order valence-corrected chi connectivity index (χ3v) is 4.74. The Morgan fingerprint density at radius 2 is 1.77 bits per heavy atom. The molecule has 0 bridgehead atoms. The lowest BCUT2D eigenvalue weighted by atomic mass is 10.1. The third-order valence-electron chi connectivity index (χ3n) is 4.51. The van der Waals surface area contributed by atoms with Crippen LogP contribution in [-0.2, 0) is 0 Å². The predicted molar refractivity (Wildman–Crippen MR) is 121 cm³/mol. The van der Waals surface area contributed by atoms with Gasteiger partial charge in [0.2, 0.25) is 5.95 Å². The van der Waals surface area contributed by atoms with Crippen molar-refractivity contribution in [1.29, 1.82) is 0 Å². The summed E-state index contributed by atoms with van der Waals surface area (Å²) in [6.45, 7) is 0. The van der Waals surface area contributed by atoms with Gasteiger partial charge in [-0.25, -0.2) is 15.4 Å². The molecule has 7 heteroatoms. The van der Waals surface area contributed by atoms with Crippen molar-refractivity contribution in [2.45, 2.75) is 0 Å². The van der Waals surface area contributed by atoms with E-state index in [0.29, 0.717) is 22.5 Å². The van der Waals surface area contributed by atoms with Crippen molar-refractivity contribution in [2.75, 3.05) is 19.6 Å². The average Bonchev–Trinajstić information content (AvgIpc) is 2.79. The molecular weight excluding hydrogens is 400 g/mol. The lowest BCUT2D eigenvalue weighted by Crippen LogP contribution is -2.01. The maximum absolute atomic E-state index is 6.21. The first-order valence-electron chi connectivity index (χ1n) is 9.22. The van der Waals surface area contributed by atoms with Crippen molar-refractivity contribution >= 4 is 34.7 Å². The minimum absolute atomic E-state index is 0.377. The number of anilines is 1. The molecule has 0 fully saturated rings. The summed E-state index contributed by atoms with van der Waals surface area (Å²) >= 11 is 6.21. The number of halogens is 1. The Kier molecular flexibility index (Phi) is 5.77. The Morgan fingerprint density at radius 1 is 0.933 bits per heavy atom. The molecule has 150 valence electrons. The van der Waals surface area contributed by atoms with Gasteiger partial charge in [-0.1, -0.05) is 48.0 Å². The molecule has 1 aromatic heterocycles. The van der Waals surface area contributed by atoms with Crippen molar-refractivity contribution in [1.82, 2.24) is 9.97 Å². The first-order chi connectivity index (χ1) is 14.7. The Hall–Kier alpha value is -3.64. The van der Waals surface area contributed by atoms with Crippen molar-refractivity contribution < 1.29 is 9.47 Å². The number of methoxy groups -OCH3 is 2. The zero-order valence-electron chi connectivity index (χ0n) is 16.5. The predicted octanol–water partition coefficient (Wildman–Crippen LogP) is 5.41. The van der Waals surface area contributed by atoms with Gasteiger partial charge in [0.1, 0.15) is 0 Å². The summed E-state index contributed by atoms with van der Waals surface area (Å²) in [6.07, 6.45) is 1.64. The maximum atomic E-state index is 6.21. The maximum Gasteiger partial charge on any atom is 0.244 e. The van der Waals surface area contributed by atoms with Crippen LogP contribution < -0.4 is 14.9 Å². The van der Waals surface area contributed by atoms with Gasteiger partial charge in [-0.15, -0.1) is 0 Å². The van der Waals surface area contributed by atoms with Crippen LogP contribution in [0.15, 0.2) is 71.8 Å². The Morgan fingerprint density at radius 3 is 2.53 bits per heavy atom. The van der Waals surface area contributed by atoms with Gasteiger partial charge in [0, 0.05) is 21.5 Å². The quantitative estimate of drug-likeness (QED) is 0.335. The van der Waals surface area contributed by atoms with Crippen molar-refractivity contribution in [3.05, 3.63) is 77.3 Å². The highest BCUT2D eigenvalue weighted by molar-refractivity contribution is 6.31. The molecule has 0 aliphatic carbocycles. The molecule has 6 nitrogen and oxygen atoms in total. The molecule has 0 saturated carbocycles. The number of nitrogens with one attached hydrogen (secondary N) is 1. The van der Waals surface area contributed by atoms with Gasteiger partial charge >= 0.3 is 0 Å². The number of ether oxygens (including phenoxy) is 2. The van der Waals surface area contributed by atoms with Crippen molar-refractivity contribution in [3.63, 3.8) is 0 Å². The molecule has 0 atom stereocenters. The molecule has 0 unspecified atom stereocenters. The van der Waals surface area contributed by atoms with Crippen molar-refractivity contribution in [2.24, 2.45) is 5.10 Å². The third kappa shape index (κ3) is 4.04. The highest BCUT2D eigenvalue weighted by Crippen LogP contribution is 2.30. The smallest absolute Gasteiger partial charge is 0.244 e. The van der Waals surface area contributed by atoms with Crippen LogP contribution in [0.2, 0.25) is 5.02 Å². The molecule has 0 aliphatic rings. The van der Waals surface area contributed by atoms with E-state index in [1.54, 1.807) is 26.5 Å². The molecule has 0 radical (unpaired) electrons. The number of para-hydroxylation sites is 1. The normalized spacial score (nSPS) is 11.0. The molecule has 0 saturated heterocycles. The second-order valence-electron chi connectivity index (χ2n) is 6.38. The van der Waals surface area contributed by atoms with E-state index in [1.807, 2.05) is 60.7 Å². The summed E-state index contributed by atoms with van der Waals surface area (Å²) < 4.78 is 10.7. The first-order valence-corrected chi connectivity index (χ1v) is 9.60. The Balaban J connectivity index is 1.71. The van der Waals surface area contributed by atoms with Crippen molar-refractivity contribution in [3.8, 4) is 22.8 Å². The largest absolute Gasteiger partial charge is 0.493 e. The molecule has 4 rings (SSSR count). The fourth-order valence-electron chi connectivity index (χ4n) is 3.14. The van der Waals surface area contributed by atoms with Crippen LogP contribution in [-0.4, -0.2) is 30.4 Å². The summed E-state index contributed by atoms with van der Waals surface area (Å²) in [5.74, 6) is 1.61. The van der Waals surface area contributed by atoms with E-state index in [0.717, 1.165) is 27.7 Å². The van der Waals surface area contributed by atoms with E-state index in [9.17, 15) is 0 Å². The van der Waals surface area contributed by atoms with Gasteiger partial charge in [-0.2, -0.15) is 5.10 Å². The monoisotopic (exact) mass is 418 g/mol. The zero-order chi connectivity index (χ0) is 20.9. The molecule has 0 spiro atoms. The van der Waals surface area contributed by atoms with Crippen LogP contribution in [0.4, 0.5) is 5.95 Å². The van der Waals surface area contributed by atoms with Gasteiger partial charge in [0.25, 0.3) is 0 Å². The number of hydrogen-bond donors (Lipinski definition) is 1. The van der Waals surface area contributed by atoms with E-state index in [2.05, 4.69) is 20.5 Å². The van der Waals surface area contributed by atoms with E-state index in [-0.39, 0.29) is 0 Å². The molecule has 3 aromatic carbocycles. The minimum atomic E-state index is 0.377. The number of rotatable bonds is 6. The van der Waals surface area contributed by atoms with E-state index in [1.165, 1.54) is 0 Å². The number of nitrogens with zero attached hydrogens (tertiary/aromatic N) is 3. The molecule has 1 heterocycles. The molecular formula is C23H19ClN4O2. The highest BCUT2D eigenvalue weighted by atomic mass is 35.5. The first kappa shape index (κ1) is 19.7. The lowest BCUT2D eigenvalue weighted by Gasteiger charge is -2.10. The Bertz CT molecular complexity index is 1210. The van der Waals surface area contributed by atoms with E-state index in [4.69, 9.17) is 21.1 Å². The van der Waals surface area contributed by atoms with Crippen LogP contribution in [0.5, 0.6) is 11.5 Å². The van der Waals surface area contributed by atoms with Crippen LogP contribution in [0.25, 0.3) is 22.2 Å². The molecule has 1 N–H and O–H groups in total. The zero-order valence-corrected chi connectivity index (χ0v) is 17.2. The topological polar surface area (TPSA) is 68.6 Å². The summed E-state index contributed by atoms with van der Waals surface area (Å²) in [6, 6.07) is 21.0. The highest BCUT2D eigenvalue weighted by Gasteiger charge is 2.11.